The van der Waals surface area contributed by atoms with Gasteiger partial charge in [0, 0.05) is 0 Å². The van der Waals surface area contributed by atoms with Gasteiger partial charge in [0.15, 0.2) is 0 Å². The van der Waals surface area contributed by atoms with Crippen molar-refractivity contribution in [3.8, 4) is 0 Å². The first kappa shape index (κ1) is 10.5. The highest BCUT2D eigenvalue weighted by Crippen LogP contribution is 2.22. The van der Waals surface area contributed by atoms with Crippen molar-refractivity contribution in [2.45, 2.75) is 0 Å². The topological polar surface area (TPSA) is 87.7 Å². The van der Waals surface area contributed by atoms with E-state index in [1.165, 1.54) is 13.2 Å². The first-order chi connectivity index (χ1) is 6.65. The summed E-state index contributed by atoms with van der Waals surface area (Å²) in [4.78, 5) is 25.9. The van der Waals surface area contributed by atoms with Crippen LogP contribution >= 0.6 is 11.3 Å². The third-order valence-corrected chi connectivity index (χ3v) is 2.15. The van der Waals surface area contributed by atoms with E-state index in [0.717, 1.165) is 11.3 Å². The maximum atomic E-state index is 11.0. The second-order valence-corrected chi connectivity index (χ2v) is 3.14. The van der Waals surface area contributed by atoms with Gasteiger partial charge in [-0.25, -0.2) is 15.1 Å². The van der Waals surface area contributed by atoms with Gasteiger partial charge in [0.1, 0.15) is 5.00 Å². The fourth-order valence-electron chi connectivity index (χ4n) is 0.796. The van der Waals surface area contributed by atoms with Crippen molar-refractivity contribution >= 4 is 28.3 Å². The zero-order valence-corrected chi connectivity index (χ0v) is 8.05. The van der Waals surface area contributed by atoms with Crippen LogP contribution in [0.1, 0.15) is 10.4 Å². The van der Waals surface area contributed by atoms with Crippen molar-refractivity contribution in [1.82, 2.24) is 5.48 Å². The fraction of sp³-hybridized carbons (Fsp3) is 0.143. The normalized spacial score (nSPS) is 9.50. The maximum absolute atomic E-state index is 11.0. The largest absolute Gasteiger partial charge is 0.478 e. The van der Waals surface area contributed by atoms with E-state index in [0.29, 0.717) is 0 Å². The number of carboxylic acid groups (broad SMARTS) is 1. The van der Waals surface area contributed by atoms with Gasteiger partial charge < -0.3 is 5.11 Å². The Balaban J connectivity index is 2.71. The third-order valence-electron chi connectivity index (χ3n) is 1.32. The highest BCUT2D eigenvalue weighted by Gasteiger charge is 2.13. The van der Waals surface area contributed by atoms with Gasteiger partial charge in [-0.1, -0.05) is 0 Å². The number of carbonyl (C=O) groups is 2. The average Bonchev–Trinajstić information content (AvgIpc) is 2.52. The molecule has 0 atom stereocenters. The van der Waals surface area contributed by atoms with Crippen molar-refractivity contribution in [1.29, 1.82) is 0 Å². The summed E-state index contributed by atoms with van der Waals surface area (Å²) in [7, 11) is 1.28. The Morgan fingerprint density at radius 2 is 2.29 bits per heavy atom. The summed E-state index contributed by atoms with van der Waals surface area (Å²) in [6.45, 7) is 0. The number of carbonyl (C=O) groups excluding carboxylic acids is 1. The molecule has 14 heavy (non-hydrogen) atoms. The van der Waals surface area contributed by atoms with Crippen molar-refractivity contribution in [3.63, 3.8) is 0 Å². The van der Waals surface area contributed by atoms with Crippen LogP contribution in [0.5, 0.6) is 0 Å². The standard InChI is InChI=1S/C7H8N2O4S/c1-13-9-7(12)8-5-4(6(10)11)2-3-14-5/h2-3H,1H3,(H,10,11)(H2,8,9,12). The lowest BCUT2D eigenvalue weighted by Gasteiger charge is -2.03. The quantitative estimate of drug-likeness (QED) is 0.661. The maximum Gasteiger partial charge on any atom is 0.343 e. The minimum absolute atomic E-state index is 0.0567. The molecular weight excluding hydrogens is 208 g/mol. The number of amides is 2. The lowest BCUT2D eigenvalue weighted by molar-refractivity contribution is 0.0698. The van der Waals surface area contributed by atoms with Crippen LogP contribution in [0.3, 0.4) is 0 Å². The van der Waals surface area contributed by atoms with Gasteiger partial charge in [-0.15, -0.1) is 11.3 Å². The minimum Gasteiger partial charge on any atom is -0.478 e. The highest BCUT2D eigenvalue weighted by atomic mass is 32.1. The van der Waals surface area contributed by atoms with E-state index in [-0.39, 0.29) is 10.6 Å². The molecule has 0 aliphatic rings. The Morgan fingerprint density at radius 1 is 1.57 bits per heavy atom. The Hall–Kier alpha value is -1.60. The summed E-state index contributed by atoms with van der Waals surface area (Å²) in [6, 6.07) is 0.799. The predicted octanol–water partition coefficient (Wildman–Crippen LogP) is 1.13. The van der Waals surface area contributed by atoms with Crippen molar-refractivity contribution in [2.75, 3.05) is 12.4 Å². The van der Waals surface area contributed by atoms with E-state index in [1.54, 1.807) is 5.38 Å². The van der Waals surface area contributed by atoms with Crippen LogP contribution in [0.2, 0.25) is 0 Å². The monoisotopic (exact) mass is 216 g/mol. The third kappa shape index (κ3) is 2.44. The number of nitrogens with one attached hydrogen (secondary N) is 2. The lowest BCUT2D eigenvalue weighted by atomic mass is 10.3. The molecule has 0 saturated heterocycles. The summed E-state index contributed by atoms with van der Waals surface area (Å²) in [5, 5.41) is 12.9. The molecule has 0 unspecified atom stereocenters. The SMILES string of the molecule is CONC(=O)Nc1sccc1C(=O)O. The molecular formula is C7H8N2O4S. The van der Waals surface area contributed by atoms with Gasteiger partial charge in [0.2, 0.25) is 0 Å². The summed E-state index contributed by atoms with van der Waals surface area (Å²) in [6.07, 6.45) is 0. The van der Waals surface area contributed by atoms with Gasteiger partial charge in [-0.3, -0.25) is 10.2 Å². The Bertz CT molecular complexity index is 349. The molecule has 0 aliphatic carbocycles. The van der Waals surface area contributed by atoms with Gasteiger partial charge in [-0.05, 0) is 11.4 Å². The summed E-state index contributed by atoms with van der Waals surface area (Å²) < 4.78 is 0. The first-order valence-corrected chi connectivity index (χ1v) is 4.44. The van der Waals surface area contributed by atoms with E-state index >= 15 is 0 Å². The van der Waals surface area contributed by atoms with Gasteiger partial charge in [0.25, 0.3) is 0 Å². The van der Waals surface area contributed by atoms with Crippen LogP contribution in [0.25, 0.3) is 0 Å². The second kappa shape index (κ2) is 4.58. The molecule has 0 aliphatic heterocycles. The number of carboxylic acids is 1. The number of anilines is 1. The van der Waals surface area contributed by atoms with E-state index in [9.17, 15) is 9.59 Å². The van der Waals surface area contributed by atoms with E-state index < -0.39 is 12.0 Å². The molecule has 76 valence electrons. The van der Waals surface area contributed by atoms with Crippen LogP contribution < -0.4 is 10.8 Å². The van der Waals surface area contributed by atoms with Crippen LogP contribution in [-0.4, -0.2) is 24.2 Å². The number of urea groups is 1. The molecule has 1 heterocycles. The molecule has 1 aromatic rings. The van der Waals surface area contributed by atoms with Gasteiger partial charge in [0.05, 0.1) is 12.7 Å². The zero-order chi connectivity index (χ0) is 10.6. The first-order valence-electron chi connectivity index (χ1n) is 3.56. The molecule has 1 aromatic heterocycles. The molecule has 0 bridgehead atoms. The molecule has 0 fully saturated rings. The molecule has 0 radical (unpaired) electrons. The van der Waals surface area contributed by atoms with Gasteiger partial charge in [-0.2, -0.15) is 0 Å². The van der Waals surface area contributed by atoms with Crippen molar-refractivity contribution in [3.05, 3.63) is 17.0 Å². The fourth-order valence-corrected chi connectivity index (χ4v) is 1.57. The Labute approximate surface area is 83.5 Å². The molecule has 6 nitrogen and oxygen atoms in total. The van der Waals surface area contributed by atoms with Crippen LogP contribution in [-0.2, 0) is 4.84 Å². The molecule has 1 rings (SSSR count). The van der Waals surface area contributed by atoms with Crippen LogP contribution in [0.15, 0.2) is 11.4 Å². The summed E-state index contributed by atoms with van der Waals surface area (Å²) in [5.41, 5.74) is 2.07. The summed E-state index contributed by atoms with van der Waals surface area (Å²) in [5.74, 6) is -1.08. The second-order valence-electron chi connectivity index (χ2n) is 2.23. The Morgan fingerprint density at radius 3 is 2.86 bits per heavy atom. The number of aromatic carboxylic acids is 1. The highest BCUT2D eigenvalue weighted by molar-refractivity contribution is 7.14. The average molecular weight is 216 g/mol. The molecule has 3 N–H and O–H groups in total. The molecule has 7 heteroatoms. The zero-order valence-electron chi connectivity index (χ0n) is 7.23. The smallest absolute Gasteiger partial charge is 0.343 e. The van der Waals surface area contributed by atoms with Crippen molar-refractivity contribution in [2.24, 2.45) is 0 Å². The molecule has 2 amide bonds. The minimum atomic E-state index is -1.08. The molecule has 0 spiro atoms. The number of thiophene rings is 1. The van der Waals surface area contributed by atoms with Crippen LogP contribution in [0.4, 0.5) is 9.80 Å². The van der Waals surface area contributed by atoms with Crippen LogP contribution in [0, 0.1) is 0 Å². The number of rotatable bonds is 3. The van der Waals surface area contributed by atoms with Crippen molar-refractivity contribution < 1.29 is 19.5 Å². The van der Waals surface area contributed by atoms with E-state index in [1.807, 2.05) is 5.48 Å². The molecule has 0 aromatic carbocycles. The van der Waals surface area contributed by atoms with Gasteiger partial charge >= 0.3 is 12.0 Å². The van der Waals surface area contributed by atoms with E-state index in [4.69, 9.17) is 5.11 Å². The summed E-state index contributed by atoms with van der Waals surface area (Å²) >= 11 is 1.12. The Kier molecular flexibility index (Phi) is 3.43. The van der Waals surface area contributed by atoms with E-state index in [2.05, 4.69) is 10.2 Å². The number of hydroxylamine groups is 1. The number of hydrogen-bond donors (Lipinski definition) is 3. The predicted molar refractivity (Wildman–Crippen MR) is 50.4 cm³/mol. The molecule has 0 saturated carbocycles. The number of hydrogen-bond acceptors (Lipinski definition) is 4. The lowest BCUT2D eigenvalue weighted by Crippen LogP contribution is -2.27.